The van der Waals surface area contributed by atoms with Gasteiger partial charge >= 0.3 is 0 Å². The van der Waals surface area contributed by atoms with E-state index in [0.29, 0.717) is 127 Å². The molecule has 6 aromatic carbocycles. The second-order valence-corrected chi connectivity index (χ2v) is 42.6. The lowest BCUT2D eigenvalue weighted by Crippen LogP contribution is -2.51. The maximum Gasteiger partial charge on any atom is 0.237 e. The third-order valence-corrected chi connectivity index (χ3v) is 31.4. The topological polar surface area (TPSA) is 313 Å². The summed E-state index contributed by atoms with van der Waals surface area (Å²) < 4.78 is 22.3. The SMILES string of the molecule is CC(C)Oc1ccc(C2=NCc3ccc(N4CCC5(CCN(CC(=O)N6CC=C(c7ccc(-c8ncn(C)n8)cc7)CC6)C5)C4)cc32)cn1.CC(C)Oc1ccc(C2=NCc3ccc(N4CCC5(CCN(CC(=O)N6CC=C(c7ccc(-c8ncn(C)n8)cc7)CC6)C5)C4=O)cc32)cn1.CC(C)Oc1ccc(C2=NCc3ccc(N4CCC5(CCN(CC(=O)N6CCN(c7ccc(-c8ncn(C)n8)cc7)CC6)C5)C4=O)cc32)cn1. The first kappa shape index (κ1) is 98.6. The van der Waals surface area contributed by atoms with E-state index >= 15 is 0 Å². The Morgan fingerprint density at radius 3 is 1.06 bits per heavy atom. The Morgan fingerprint density at radius 1 is 0.336 bits per heavy atom. The molecule has 0 radical (unpaired) electrons. The molecule has 0 aliphatic carbocycles. The number of rotatable bonds is 24. The maximum absolute atomic E-state index is 14.1. The number of piperazine rings is 1. The quantitative estimate of drug-likeness (QED) is 0.0542. The summed E-state index contributed by atoms with van der Waals surface area (Å²) in [5, 5.41) is 13.2. The number of aryl methyl sites for hydroxylation is 3. The number of amides is 5. The molecule has 0 saturated carbocycles. The highest BCUT2D eigenvalue weighted by Gasteiger charge is 2.54. The molecule has 12 aromatic rings. The summed E-state index contributed by atoms with van der Waals surface area (Å²) in [5.41, 5.74) is 24.0. The predicted molar refractivity (Wildman–Crippen MR) is 575 cm³/mol. The molecule has 0 N–H and O–H groups in total. The Morgan fingerprint density at radius 2 is 0.685 bits per heavy atom. The molecule has 33 heteroatoms. The molecule has 12 aliphatic rings. The van der Waals surface area contributed by atoms with Crippen LogP contribution < -0.4 is 33.8 Å². The fourth-order valence-electron chi connectivity index (χ4n) is 23.3. The molecule has 5 amide bonds. The van der Waals surface area contributed by atoms with Crippen LogP contribution in [0.2, 0.25) is 0 Å². The van der Waals surface area contributed by atoms with E-state index in [1.165, 1.54) is 33.5 Å². The molecule has 3 atom stereocenters. The zero-order chi connectivity index (χ0) is 102. The van der Waals surface area contributed by atoms with Crippen molar-refractivity contribution in [1.82, 2.24) is 88.6 Å². The Hall–Kier alpha value is -15.1. The van der Waals surface area contributed by atoms with E-state index in [4.69, 9.17) is 29.2 Å². The van der Waals surface area contributed by atoms with Gasteiger partial charge in [-0.3, -0.25) is 67.7 Å². The number of anilines is 4. The molecule has 6 aromatic heterocycles. The summed E-state index contributed by atoms with van der Waals surface area (Å²) in [5.74, 6) is 4.82. The van der Waals surface area contributed by atoms with Crippen molar-refractivity contribution in [3.8, 4) is 51.8 Å². The fraction of sp³-hybridized carbons (Fsp3) is 0.405. The van der Waals surface area contributed by atoms with Gasteiger partial charge in [0.25, 0.3) is 0 Å². The van der Waals surface area contributed by atoms with E-state index in [2.05, 4.69) is 191 Å². The first-order chi connectivity index (χ1) is 72.3. The lowest BCUT2D eigenvalue weighted by molar-refractivity contribution is -0.133. The van der Waals surface area contributed by atoms with Crippen molar-refractivity contribution in [3.05, 3.63) is 275 Å². The highest BCUT2D eigenvalue weighted by Crippen LogP contribution is 2.48. The van der Waals surface area contributed by atoms with Gasteiger partial charge in [0.05, 0.1) is 85.5 Å². The van der Waals surface area contributed by atoms with Crippen LogP contribution in [0.4, 0.5) is 22.7 Å². The summed E-state index contributed by atoms with van der Waals surface area (Å²) in [7, 11) is 5.60. The molecule has 12 aliphatic heterocycles. The van der Waals surface area contributed by atoms with Crippen LogP contribution in [0, 0.1) is 16.2 Å². The molecular weight excluding hydrogens is 1870 g/mol. The van der Waals surface area contributed by atoms with Gasteiger partial charge in [-0.25, -0.2) is 29.9 Å². The average molecular weight is 2000 g/mol. The number of ether oxygens (including phenoxy) is 3. The van der Waals surface area contributed by atoms with Crippen molar-refractivity contribution in [1.29, 1.82) is 0 Å². The smallest absolute Gasteiger partial charge is 0.237 e. The first-order valence-electron chi connectivity index (χ1n) is 52.6. The average Bonchev–Trinajstić information content (AvgIpc) is 1.60. The predicted octanol–water partition coefficient (Wildman–Crippen LogP) is 13.8. The third-order valence-electron chi connectivity index (χ3n) is 31.4. The van der Waals surface area contributed by atoms with E-state index < -0.39 is 10.8 Å². The van der Waals surface area contributed by atoms with Gasteiger partial charge in [0.2, 0.25) is 47.2 Å². The molecule has 7 fully saturated rings. The van der Waals surface area contributed by atoms with Gasteiger partial charge in [-0.1, -0.05) is 78.9 Å². The minimum absolute atomic E-state index is 0.0578. The standard InChI is InChI=1S/C39H42N8O3.C39H44N8O2.C38H43N9O3/c1-26(2)50-34-11-9-31(22-40-34)36-33-20-32(10-8-30(33)21-41-36)47-19-15-39(38(47)49)14-18-45(24-39)23-35(48)46-16-12-28(13-17-46)27-4-6-29(7-5-27)37-42-25-44(3)43-37;1-27(2)49-35-11-9-32(22-40-35)37-34-20-33(10-8-31(34)21-41-37)47-19-15-39(25-47)14-18-45(24-39)23-36(48)46-16-12-29(13-17-46)28-4-6-30(7-5-28)38-42-26-44(3)43-38;1-26(2)50-33-11-7-29(22-39-33)35-32-20-31(10-6-28(32)21-40-35)47-15-13-38(37(47)49)12-14-44(24-38)23-34(48)46-18-16-45(17-19-46)30-8-4-27(5-9-30)36-41-25-43(3)42-36/h4-12,20,22,25-26H,13-19,21,23-24H2,1-3H3;4-12,20,22,26-27H,13-19,21,23-25H2,1-3H3;4-11,20,22,25-26H,12-19,21,23-24H2,1-3H3. The lowest BCUT2D eigenvalue weighted by Gasteiger charge is -2.37. The van der Waals surface area contributed by atoms with Crippen molar-refractivity contribution in [3.63, 3.8) is 0 Å². The van der Waals surface area contributed by atoms with Gasteiger partial charge in [-0.2, -0.15) is 15.3 Å². The Balaban J connectivity index is 0.000000127. The molecule has 766 valence electrons. The number of aliphatic imine (C=N–C) groups is 3. The number of benzene rings is 6. The molecule has 24 rings (SSSR count). The Kier molecular flexibility index (Phi) is 27.7. The molecule has 33 nitrogen and oxygen atoms in total. The molecule has 0 bridgehead atoms. The molecular formula is C116H129N25O8. The molecule has 18 heterocycles. The minimum Gasteiger partial charge on any atom is -0.475 e. The second-order valence-electron chi connectivity index (χ2n) is 42.6. The molecule has 7 saturated heterocycles. The highest BCUT2D eigenvalue weighted by molar-refractivity contribution is 6.18. The normalized spacial score (nSPS) is 20.6. The summed E-state index contributed by atoms with van der Waals surface area (Å²) in [6.07, 6.45) is 22.3. The molecule has 3 spiro atoms. The molecule has 149 heavy (non-hydrogen) atoms. The number of carbonyl (C=O) groups excluding carboxylic acids is 5. The van der Waals surface area contributed by atoms with Crippen LogP contribution in [-0.4, -0.2) is 291 Å². The van der Waals surface area contributed by atoms with Crippen LogP contribution in [0.15, 0.2) is 228 Å². The maximum atomic E-state index is 14.1. The first-order valence-corrected chi connectivity index (χ1v) is 52.6. The van der Waals surface area contributed by atoms with Crippen LogP contribution in [0.5, 0.6) is 17.6 Å². The number of pyridine rings is 3. The monoisotopic (exact) mass is 2000 g/mol. The number of fused-ring (bicyclic) bond motifs is 3. The number of likely N-dealkylation sites (tertiary alicyclic amines) is 3. The number of aromatic nitrogens is 12. The van der Waals surface area contributed by atoms with Gasteiger partial charge in [-0.15, -0.1) is 0 Å². The lowest BCUT2D eigenvalue weighted by atomic mass is 9.85. The van der Waals surface area contributed by atoms with Gasteiger partial charge in [-0.05, 0) is 230 Å². The van der Waals surface area contributed by atoms with E-state index in [1.807, 2.05) is 160 Å². The minimum atomic E-state index is -0.446. The fourth-order valence-corrected chi connectivity index (χ4v) is 23.3. The van der Waals surface area contributed by atoms with Gasteiger partial charge in [0.1, 0.15) is 19.0 Å². The van der Waals surface area contributed by atoms with Crippen molar-refractivity contribution in [2.75, 3.05) is 157 Å². The van der Waals surface area contributed by atoms with E-state index in [0.717, 1.165) is 211 Å². The second kappa shape index (κ2) is 41.9. The number of carbonyl (C=O) groups is 5. The summed E-state index contributed by atoms with van der Waals surface area (Å²) in [6, 6.07) is 56.1. The Labute approximate surface area is 869 Å². The zero-order valence-corrected chi connectivity index (χ0v) is 86.5. The van der Waals surface area contributed by atoms with Crippen molar-refractivity contribution in [2.45, 2.75) is 131 Å². The Bertz CT molecular complexity index is 7180. The number of hydrogen-bond donors (Lipinski definition) is 0. The van der Waals surface area contributed by atoms with Crippen molar-refractivity contribution >= 4 is 80.6 Å². The molecule has 3 unspecified atom stereocenters. The number of hydrogen-bond acceptors (Lipinski definition) is 25. The summed E-state index contributed by atoms with van der Waals surface area (Å²) >= 11 is 0. The van der Waals surface area contributed by atoms with E-state index in [-0.39, 0.29) is 53.3 Å². The van der Waals surface area contributed by atoms with Crippen LogP contribution in [-0.2, 0) is 64.7 Å². The van der Waals surface area contributed by atoms with E-state index in [1.54, 1.807) is 33.0 Å². The number of nitrogens with zero attached hydrogens (tertiary/aromatic N) is 25. The van der Waals surface area contributed by atoms with Crippen LogP contribution in [0.25, 0.3) is 45.3 Å². The highest BCUT2D eigenvalue weighted by atomic mass is 16.5. The van der Waals surface area contributed by atoms with Crippen LogP contribution in [0.1, 0.15) is 154 Å². The zero-order valence-electron chi connectivity index (χ0n) is 86.5. The van der Waals surface area contributed by atoms with Crippen molar-refractivity contribution in [2.24, 2.45) is 52.4 Å². The third kappa shape index (κ3) is 21.2. The van der Waals surface area contributed by atoms with Gasteiger partial charge < -0.3 is 48.5 Å². The summed E-state index contributed by atoms with van der Waals surface area (Å²) in [4.78, 5) is 131. The van der Waals surface area contributed by atoms with Crippen LogP contribution in [0.3, 0.4) is 0 Å². The van der Waals surface area contributed by atoms with Crippen LogP contribution >= 0.6 is 0 Å². The van der Waals surface area contributed by atoms with E-state index in [9.17, 15) is 24.0 Å². The van der Waals surface area contributed by atoms with Gasteiger partial charge in [0, 0.05) is 234 Å². The largest absolute Gasteiger partial charge is 0.475 e. The summed E-state index contributed by atoms with van der Waals surface area (Å²) in [6.45, 7) is 28.8. The van der Waals surface area contributed by atoms with Crippen molar-refractivity contribution < 1.29 is 38.2 Å². The van der Waals surface area contributed by atoms with Gasteiger partial charge in [0.15, 0.2) is 17.5 Å².